The molecule has 1 heteroatoms. The quantitative estimate of drug-likeness (QED) is 0.569. The minimum Gasteiger partial charge on any atom is -0.390 e. The van der Waals surface area contributed by atoms with Crippen LogP contribution in [-0.2, 0) is 0 Å². The van der Waals surface area contributed by atoms with Crippen molar-refractivity contribution in [1.29, 1.82) is 0 Å². The molecular weight excluding hydrogens is 136 g/mol. The van der Waals surface area contributed by atoms with Crippen molar-refractivity contribution in [2.24, 2.45) is 5.92 Å². The van der Waals surface area contributed by atoms with Crippen LogP contribution in [0.4, 0.5) is 0 Å². The van der Waals surface area contributed by atoms with Crippen LogP contribution in [0.1, 0.15) is 39.0 Å². The van der Waals surface area contributed by atoms with Crippen LogP contribution in [0.3, 0.4) is 0 Å². The zero-order chi connectivity index (χ0) is 8.32. The Balaban J connectivity index is 2.54. The highest BCUT2D eigenvalue weighted by Gasteiger charge is 2.33. The van der Waals surface area contributed by atoms with Gasteiger partial charge in [-0.25, -0.2) is 0 Å². The average molecular weight is 152 g/mol. The Morgan fingerprint density at radius 3 is 2.91 bits per heavy atom. The molecule has 0 amide bonds. The van der Waals surface area contributed by atoms with Gasteiger partial charge >= 0.3 is 0 Å². The van der Waals surface area contributed by atoms with E-state index in [1.54, 1.807) is 0 Å². The standard InChI is InChI=1S/C10H16O/c1-3-6-9-7-4-5-8-10(9,2)11/h1,9,11H,4-8H2,2H3/t9-,10-/m0/s1. The molecule has 0 spiro atoms. The highest BCUT2D eigenvalue weighted by atomic mass is 16.3. The van der Waals surface area contributed by atoms with Gasteiger partial charge in [-0.05, 0) is 25.7 Å². The molecule has 1 aliphatic carbocycles. The van der Waals surface area contributed by atoms with E-state index >= 15 is 0 Å². The van der Waals surface area contributed by atoms with Crippen molar-refractivity contribution < 1.29 is 5.11 Å². The van der Waals surface area contributed by atoms with Crippen molar-refractivity contribution >= 4 is 0 Å². The molecule has 0 aliphatic heterocycles. The zero-order valence-corrected chi connectivity index (χ0v) is 7.14. The molecule has 1 aliphatic rings. The second-order valence-corrected chi connectivity index (χ2v) is 3.71. The molecule has 2 atom stereocenters. The van der Waals surface area contributed by atoms with Gasteiger partial charge in [-0.3, -0.25) is 0 Å². The molecule has 1 saturated carbocycles. The number of aliphatic hydroxyl groups is 1. The summed E-state index contributed by atoms with van der Waals surface area (Å²) in [6.45, 7) is 1.91. The molecule has 62 valence electrons. The van der Waals surface area contributed by atoms with Gasteiger partial charge in [0.2, 0.25) is 0 Å². The lowest BCUT2D eigenvalue weighted by Crippen LogP contribution is -2.37. The predicted molar refractivity (Wildman–Crippen MR) is 46.0 cm³/mol. The fourth-order valence-electron chi connectivity index (χ4n) is 1.85. The van der Waals surface area contributed by atoms with Crippen molar-refractivity contribution in [1.82, 2.24) is 0 Å². The maximum atomic E-state index is 9.87. The van der Waals surface area contributed by atoms with E-state index in [0.717, 1.165) is 25.7 Å². The molecule has 11 heavy (non-hydrogen) atoms. The lowest BCUT2D eigenvalue weighted by Gasteiger charge is -2.36. The van der Waals surface area contributed by atoms with E-state index in [9.17, 15) is 5.11 Å². The monoisotopic (exact) mass is 152 g/mol. The Bertz CT molecular complexity index is 164. The summed E-state index contributed by atoms with van der Waals surface area (Å²) >= 11 is 0. The molecular formula is C10H16O. The van der Waals surface area contributed by atoms with Gasteiger partial charge < -0.3 is 5.11 Å². The minimum absolute atomic E-state index is 0.334. The van der Waals surface area contributed by atoms with E-state index in [4.69, 9.17) is 6.42 Å². The number of terminal acetylenes is 1. The Labute approximate surface area is 68.8 Å². The van der Waals surface area contributed by atoms with Crippen molar-refractivity contribution in [3.63, 3.8) is 0 Å². The molecule has 0 bridgehead atoms. The molecule has 0 aromatic heterocycles. The molecule has 0 radical (unpaired) electrons. The highest BCUT2D eigenvalue weighted by Crippen LogP contribution is 2.35. The predicted octanol–water partition coefficient (Wildman–Crippen LogP) is 1.95. The van der Waals surface area contributed by atoms with Gasteiger partial charge in [0.1, 0.15) is 0 Å². The smallest absolute Gasteiger partial charge is 0.0656 e. The summed E-state index contributed by atoms with van der Waals surface area (Å²) in [5.74, 6) is 2.97. The molecule has 1 fully saturated rings. The summed E-state index contributed by atoms with van der Waals surface area (Å²) < 4.78 is 0. The normalized spacial score (nSPS) is 38.1. The van der Waals surface area contributed by atoms with Crippen LogP contribution >= 0.6 is 0 Å². The molecule has 0 aromatic carbocycles. The van der Waals surface area contributed by atoms with Crippen LogP contribution in [0.15, 0.2) is 0 Å². The molecule has 1 rings (SSSR count). The Kier molecular flexibility index (Phi) is 2.57. The van der Waals surface area contributed by atoms with Gasteiger partial charge in [-0.15, -0.1) is 12.3 Å². The summed E-state index contributed by atoms with van der Waals surface area (Å²) in [6, 6.07) is 0. The Hall–Kier alpha value is -0.480. The van der Waals surface area contributed by atoms with Gasteiger partial charge in [-0.1, -0.05) is 12.8 Å². The topological polar surface area (TPSA) is 20.2 Å². The molecule has 1 nitrogen and oxygen atoms in total. The first-order valence-electron chi connectivity index (χ1n) is 4.32. The summed E-state index contributed by atoms with van der Waals surface area (Å²) in [5, 5.41) is 9.87. The van der Waals surface area contributed by atoms with E-state index in [1.165, 1.54) is 6.42 Å². The largest absolute Gasteiger partial charge is 0.390 e. The summed E-state index contributed by atoms with van der Waals surface area (Å²) in [5.41, 5.74) is -0.495. The van der Waals surface area contributed by atoms with E-state index in [-0.39, 0.29) is 0 Å². The molecule has 0 saturated heterocycles. The van der Waals surface area contributed by atoms with Gasteiger partial charge in [0.25, 0.3) is 0 Å². The number of rotatable bonds is 1. The van der Waals surface area contributed by atoms with Crippen LogP contribution in [0.2, 0.25) is 0 Å². The minimum atomic E-state index is -0.495. The first-order chi connectivity index (χ1) is 5.17. The summed E-state index contributed by atoms with van der Waals surface area (Å²) in [4.78, 5) is 0. The van der Waals surface area contributed by atoms with Crippen molar-refractivity contribution in [2.75, 3.05) is 0 Å². The first-order valence-corrected chi connectivity index (χ1v) is 4.32. The van der Waals surface area contributed by atoms with Crippen LogP contribution < -0.4 is 0 Å². The van der Waals surface area contributed by atoms with E-state index < -0.39 is 5.60 Å². The molecule has 0 aromatic rings. The second kappa shape index (κ2) is 3.28. The third-order valence-electron chi connectivity index (χ3n) is 2.73. The SMILES string of the molecule is C#CC[C@H]1CCCC[C@]1(C)O. The van der Waals surface area contributed by atoms with Crippen LogP contribution in [0, 0.1) is 18.3 Å². The van der Waals surface area contributed by atoms with Gasteiger partial charge in [0.15, 0.2) is 0 Å². The third-order valence-corrected chi connectivity index (χ3v) is 2.73. The third kappa shape index (κ3) is 1.97. The average Bonchev–Trinajstić information content (AvgIpc) is 1.94. The van der Waals surface area contributed by atoms with E-state index in [0.29, 0.717) is 5.92 Å². The van der Waals surface area contributed by atoms with Gasteiger partial charge in [0, 0.05) is 6.42 Å². The zero-order valence-electron chi connectivity index (χ0n) is 7.14. The molecule has 0 unspecified atom stereocenters. The van der Waals surface area contributed by atoms with Crippen molar-refractivity contribution in [3.05, 3.63) is 0 Å². The fraction of sp³-hybridized carbons (Fsp3) is 0.800. The van der Waals surface area contributed by atoms with Crippen molar-refractivity contribution in [2.45, 2.75) is 44.6 Å². The molecule has 1 N–H and O–H groups in total. The summed E-state index contributed by atoms with van der Waals surface area (Å²) in [6.07, 6.45) is 10.3. The highest BCUT2D eigenvalue weighted by molar-refractivity contribution is 4.95. The van der Waals surface area contributed by atoms with Gasteiger partial charge in [-0.2, -0.15) is 0 Å². The van der Waals surface area contributed by atoms with Crippen LogP contribution in [-0.4, -0.2) is 10.7 Å². The second-order valence-electron chi connectivity index (χ2n) is 3.71. The Morgan fingerprint density at radius 2 is 2.36 bits per heavy atom. The van der Waals surface area contributed by atoms with Crippen molar-refractivity contribution in [3.8, 4) is 12.3 Å². The van der Waals surface area contributed by atoms with Crippen LogP contribution in [0.5, 0.6) is 0 Å². The maximum absolute atomic E-state index is 9.87. The lowest BCUT2D eigenvalue weighted by atomic mass is 9.75. The van der Waals surface area contributed by atoms with E-state index in [1.807, 2.05) is 6.92 Å². The van der Waals surface area contributed by atoms with E-state index in [2.05, 4.69) is 5.92 Å². The number of hydrogen-bond acceptors (Lipinski definition) is 1. The lowest BCUT2D eigenvalue weighted by molar-refractivity contribution is -0.0295. The van der Waals surface area contributed by atoms with Crippen LogP contribution in [0.25, 0.3) is 0 Å². The Morgan fingerprint density at radius 1 is 1.64 bits per heavy atom. The summed E-state index contributed by atoms with van der Waals surface area (Å²) in [7, 11) is 0. The first kappa shape index (κ1) is 8.62. The fourth-order valence-corrected chi connectivity index (χ4v) is 1.85. The van der Waals surface area contributed by atoms with Gasteiger partial charge in [0.05, 0.1) is 5.60 Å². The maximum Gasteiger partial charge on any atom is 0.0656 e. The molecule has 0 heterocycles. The number of hydrogen-bond donors (Lipinski definition) is 1.